The molecule has 0 aliphatic carbocycles. The SMILES string of the molecule is Cc1ccc(NCc2ccccc2CC(=O)O)nc1. The van der Waals surface area contributed by atoms with Gasteiger partial charge in [0, 0.05) is 12.7 Å². The number of benzene rings is 1. The molecule has 0 saturated carbocycles. The van der Waals surface area contributed by atoms with Gasteiger partial charge in [0.1, 0.15) is 5.82 Å². The van der Waals surface area contributed by atoms with Crippen LogP contribution in [0, 0.1) is 6.92 Å². The Kier molecular flexibility index (Phi) is 4.13. The number of carboxylic acids is 1. The first-order chi connectivity index (χ1) is 9.15. The molecule has 1 heterocycles. The van der Waals surface area contributed by atoms with Crippen molar-refractivity contribution in [2.75, 3.05) is 5.32 Å². The van der Waals surface area contributed by atoms with Gasteiger partial charge < -0.3 is 10.4 Å². The van der Waals surface area contributed by atoms with Crippen molar-refractivity contribution in [3.8, 4) is 0 Å². The quantitative estimate of drug-likeness (QED) is 0.863. The molecule has 1 aromatic heterocycles. The Balaban J connectivity index is 2.06. The third kappa shape index (κ3) is 3.81. The lowest BCUT2D eigenvalue weighted by molar-refractivity contribution is -0.136. The Morgan fingerprint density at radius 1 is 1.21 bits per heavy atom. The van der Waals surface area contributed by atoms with Gasteiger partial charge >= 0.3 is 5.97 Å². The molecule has 0 radical (unpaired) electrons. The second-order valence-corrected chi connectivity index (χ2v) is 4.41. The molecule has 2 N–H and O–H groups in total. The lowest BCUT2D eigenvalue weighted by Crippen LogP contribution is -2.07. The minimum Gasteiger partial charge on any atom is -0.481 e. The summed E-state index contributed by atoms with van der Waals surface area (Å²) in [6, 6.07) is 11.4. The summed E-state index contributed by atoms with van der Waals surface area (Å²) in [6.45, 7) is 2.55. The Hall–Kier alpha value is -2.36. The monoisotopic (exact) mass is 256 g/mol. The molecule has 4 nitrogen and oxygen atoms in total. The smallest absolute Gasteiger partial charge is 0.307 e. The topological polar surface area (TPSA) is 62.2 Å². The van der Waals surface area contributed by atoms with Crippen molar-refractivity contribution in [2.24, 2.45) is 0 Å². The van der Waals surface area contributed by atoms with Crippen molar-refractivity contribution in [2.45, 2.75) is 19.9 Å². The number of carbonyl (C=O) groups is 1. The van der Waals surface area contributed by atoms with E-state index in [0.717, 1.165) is 22.5 Å². The fraction of sp³-hybridized carbons (Fsp3) is 0.200. The molecule has 0 unspecified atom stereocenters. The van der Waals surface area contributed by atoms with Crippen LogP contribution in [0.2, 0.25) is 0 Å². The molecule has 0 bridgehead atoms. The van der Waals surface area contributed by atoms with E-state index < -0.39 is 5.97 Å². The first kappa shape index (κ1) is 13.1. The van der Waals surface area contributed by atoms with Crippen LogP contribution >= 0.6 is 0 Å². The summed E-state index contributed by atoms with van der Waals surface area (Å²) in [5, 5.41) is 12.1. The maximum absolute atomic E-state index is 10.8. The summed E-state index contributed by atoms with van der Waals surface area (Å²) in [5.41, 5.74) is 2.92. The molecule has 98 valence electrons. The van der Waals surface area contributed by atoms with Gasteiger partial charge in [-0.05, 0) is 29.7 Å². The number of rotatable bonds is 5. The highest BCUT2D eigenvalue weighted by Crippen LogP contribution is 2.12. The number of carboxylic acid groups (broad SMARTS) is 1. The van der Waals surface area contributed by atoms with E-state index in [9.17, 15) is 4.79 Å². The van der Waals surface area contributed by atoms with Gasteiger partial charge in [0.15, 0.2) is 0 Å². The summed E-state index contributed by atoms with van der Waals surface area (Å²) in [6.07, 6.45) is 1.84. The average molecular weight is 256 g/mol. The molecule has 4 heteroatoms. The number of nitrogens with zero attached hydrogens (tertiary/aromatic N) is 1. The van der Waals surface area contributed by atoms with Crippen molar-refractivity contribution < 1.29 is 9.90 Å². The van der Waals surface area contributed by atoms with E-state index in [-0.39, 0.29) is 6.42 Å². The maximum Gasteiger partial charge on any atom is 0.307 e. The summed E-state index contributed by atoms with van der Waals surface area (Å²) in [5.74, 6) is -0.0309. The predicted octanol–water partition coefficient (Wildman–Crippen LogP) is 2.63. The van der Waals surface area contributed by atoms with Gasteiger partial charge in [0.05, 0.1) is 6.42 Å². The third-order valence-electron chi connectivity index (χ3n) is 2.83. The normalized spacial score (nSPS) is 10.2. The summed E-state index contributed by atoms with van der Waals surface area (Å²) >= 11 is 0. The van der Waals surface area contributed by atoms with E-state index in [4.69, 9.17) is 5.11 Å². The Bertz CT molecular complexity index is 565. The highest BCUT2D eigenvalue weighted by molar-refractivity contribution is 5.70. The van der Waals surface area contributed by atoms with Crippen LogP contribution in [0.4, 0.5) is 5.82 Å². The van der Waals surface area contributed by atoms with Crippen molar-refractivity contribution >= 4 is 11.8 Å². The number of aromatic nitrogens is 1. The van der Waals surface area contributed by atoms with Crippen LogP contribution in [-0.4, -0.2) is 16.1 Å². The number of hydrogen-bond acceptors (Lipinski definition) is 3. The largest absolute Gasteiger partial charge is 0.481 e. The Morgan fingerprint density at radius 3 is 2.58 bits per heavy atom. The van der Waals surface area contributed by atoms with Crippen LogP contribution < -0.4 is 5.32 Å². The number of pyridine rings is 1. The van der Waals surface area contributed by atoms with Crippen LogP contribution in [0.1, 0.15) is 16.7 Å². The van der Waals surface area contributed by atoms with Crippen LogP contribution in [-0.2, 0) is 17.8 Å². The lowest BCUT2D eigenvalue weighted by atomic mass is 10.0. The molecule has 0 saturated heterocycles. The second-order valence-electron chi connectivity index (χ2n) is 4.41. The molecule has 2 aromatic rings. The number of aliphatic carboxylic acids is 1. The second kappa shape index (κ2) is 6.00. The molecule has 0 aliphatic heterocycles. The Morgan fingerprint density at radius 2 is 1.95 bits per heavy atom. The number of nitrogens with one attached hydrogen (secondary N) is 1. The van der Waals surface area contributed by atoms with Gasteiger partial charge in [-0.15, -0.1) is 0 Å². The minimum absolute atomic E-state index is 0.0409. The van der Waals surface area contributed by atoms with Crippen LogP contribution in [0.25, 0.3) is 0 Å². The van der Waals surface area contributed by atoms with E-state index >= 15 is 0 Å². The number of hydrogen-bond donors (Lipinski definition) is 2. The molecule has 0 spiro atoms. The number of aryl methyl sites for hydroxylation is 1. The zero-order chi connectivity index (χ0) is 13.7. The summed E-state index contributed by atoms with van der Waals surface area (Å²) in [4.78, 5) is 15.1. The van der Waals surface area contributed by atoms with E-state index in [1.807, 2.05) is 43.3 Å². The molecule has 19 heavy (non-hydrogen) atoms. The van der Waals surface area contributed by atoms with Gasteiger partial charge in [-0.2, -0.15) is 0 Å². The van der Waals surface area contributed by atoms with Gasteiger partial charge in [0.2, 0.25) is 0 Å². The first-order valence-electron chi connectivity index (χ1n) is 6.10. The van der Waals surface area contributed by atoms with Gasteiger partial charge in [-0.25, -0.2) is 4.98 Å². The zero-order valence-electron chi connectivity index (χ0n) is 10.8. The van der Waals surface area contributed by atoms with Crippen molar-refractivity contribution in [3.63, 3.8) is 0 Å². The van der Waals surface area contributed by atoms with Crippen molar-refractivity contribution in [3.05, 3.63) is 59.3 Å². The zero-order valence-corrected chi connectivity index (χ0v) is 10.8. The number of anilines is 1. The molecular weight excluding hydrogens is 240 g/mol. The molecule has 2 rings (SSSR count). The minimum atomic E-state index is -0.819. The average Bonchev–Trinajstić information content (AvgIpc) is 2.39. The summed E-state index contributed by atoms with van der Waals surface area (Å²) < 4.78 is 0. The van der Waals surface area contributed by atoms with Crippen molar-refractivity contribution in [1.82, 2.24) is 4.98 Å². The Labute approximate surface area is 112 Å². The van der Waals surface area contributed by atoms with Crippen molar-refractivity contribution in [1.29, 1.82) is 0 Å². The van der Waals surface area contributed by atoms with E-state index in [1.165, 1.54) is 0 Å². The third-order valence-corrected chi connectivity index (χ3v) is 2.83. The standard InChI is InChI=1S/C15H16N2O2/c1-11-6-7-14(16-9-11)17-10-13-5-3-2-4-12(13)8-15(18)19/h2-7,9H,8,10H2,1H3,(H,16,17)(H,18,19). The van der Waals surface area contributed by atoms with Gasteiger partial charge in [0.25, 0.3) is 0 Å². The lowest BCUT2D eigenvalue weighted by Gasteiger charge is -2.09. The van der Waals surface area contributed by atoms with E-state index in [1.54, 1.807) is 6.20 Å². The van der Waals surface area contributed by atoms with Crippen LogP contribution in [0.15, 0.2) is 42.6 Å². The molecule has 0 aliphatic rings. The van der Waals surface area contributed by atoms with E-state index in [2.05, 4.69) is 10.3 Å². The molecular formula is C15H16N2O2. The highest BCUT2D eigenvalue weighted by Gasteiger charge is 2.06. The van der Waals surface area contributed by atoms with Gasteiger partial charge in [-0.1, -0.05) is 30.3 Å². The molecule has 0 amide bonds. The van der Waals surface area contributed by atoms with Gasteiger partial charge in [-0.3, -0.25) is 4.79 Å². The molecule has 1 aromatic carbocycles. The van der Waals surface area contributed by atoms with E-state index in [0.29, 0.717) is 6.54 Å². The fourth-order valence-electron chi connectivity index (χ4n) is 1.82. The highest BCUT2D eigenvalue weighted by atomic mass is 16.4. The molecule has 0 atom stereocenters. The first-order valence-corrected chi connectivity index (χ1v) is 6.10. The molecule has 0 fully saturated rings. The summed E-state index contributed by atoms with van der Waals surface area (Å²) in [7, 11) is 0. The maximum atomic E-state index is 10.8. The fourth-order valence-corrected chi connectivity index (χ4v) is 1.82. The predicted molar refractivity (Wildman–Crippen MR) is 74.1 cm³/mol. The van der Waals surface area contributed by atoms with Crippen LogP contribution in [0.5, 0.6) is 0 Å². The van der Waals surface area contributed by atoms with Crippen LogP contribution in [0.3, 0.4) is 0 Å².